The SMILES string of the molecule is COCn1ccsc1=Nc1cc(-c2noc(C)n2)cc(CN2CCN(C(=O)c3cccc(Cl)c3F)CC2)n1.Cc1nc(-c2cc(CN3CCN(C(=O)c4cccc(Cl)c4F)CC3)nc(Nc3nccs3)c2)no1. The average molecular weight is 1070 g/mol. The fraction of sp³-hybridized carbons (Fsp3) is 0.292. The van der Waals surface area contributed by atoms with E-state index >= 15 is 0 Å². The topological polar surface area (TPSA) is 202 Å². The lowest BCUT2D eigenvalue weighted by Crippen LogP contribution is -2.48. The molecule has 73 heavy (non-hydrogen) atoms. The largest absolute Gasteiger partial charge is 0.364 e. The van der Waals surface area contributed by atoms with Crippen LogP contribution in [0.4, 0.5) is 25.5 Å². The van der Waals surface area contributed by atoms with Crippen molar-refractivity contribution in [1.82, 2.24) is 59.4 Å². The van der Waals surface area contributed by atoms with Gasteiger partial charge in [0.2, 0.25) is 23.4 Å². The van der Waals surface area contributed by atoms with Crippen molar-refractivity contribution in [3.05, 3.63) is 145 Å². The number of anilines is 2. The van der Waals surface area contributed by atoms with Gasteiger partial charge in [-0.15, -0.1) is 22.7 Å². The van der Waals surface area contributed by atoms with Gasteiger partial charge in [0.15, 0.2) is 27.4 Å². The van der Waals surface area contributed by atoms with E-state index in [0.717, 1.165) is 32.4 Å². The Labute approximate surface area is 434 Å². The van der Waals surface area contributed by atoms with Gasteiger partial charge in [0.1, 0.15) is 12.5 Å². The van der Waals surface area contributed by atoms with Crippen molar-refractivity contribution in [1.29, 1.82) is 0 Å². The molecule has 2 saturated heterocycles. The number of methoxy groups -OCH3 is 1. The molecule has 0 radical (unpaired) electrons. The van der Waals surface area contributed by atoms with E-state index in [2.05, 4.69) is 40.4 Å². The predicted octanol–water partition coefficient (Wildman–Crippen LogP) is 8.28. The van der Waals surface area contributed by atoms with Crippen LogP contribution >= 0.6 is 45.9 Å². The normalized spacial score (nSPS) is 14.6. The molecule has 0 bridgehead atoms. The molecule has 378 valence electrons. The Morgan fingerprint density at radius 1 is 0.726 bits per heavy atom. The number of ether oxygens (including phenoxy) is 1. The summed E-state index contributed by atoms with van der Waals surface area (Å²) < 4.78 is 46.1. The van der Waals surface area contributed by atoms with Crippen LogP contribution in [-0.4, -0.2) is 131 Å². The van der Waals surface area contributed by atoms with Crippen LogP contribution in [0.5, 0.6) is 0 Å². The van der Waals surface area contributed by atoms with Crippen LogP contribution in [0.25, 0.3) is 22.8 Å². The van der Waals surface area contributed by atoms with Crippen LogP contribution in [0.2, 0.25) is 10.0 Å². The zero-order valence-electron chi connectivity index (χ0n) is 39.5. The molecule has 1 N–H and O–H groups in total. The van der Waals surface area contributed by atoms with Gasteiger partial charge in [-0.2, -0.15) is 9.97 Å². The Kier molecular flexibility index (Phi) is 16.3. The Bertz CT molecular complexity index is 3280. The maximum Gasteiger partial charge on any atom is 0.256 e. The number of rotatable bonds is 13. The van der Waals surface area contributed by atoms with Crippen molar-refractivity contribution in [3.63, 3.8) is 0 Å². The summed E-state index contributed by atoms with van der Waals surface area (Å²) in [5.74, 6) is 0.927. The molecule has 2 fully saturated rings. The molecule has 6 aromatic heterocycles. The number of benzene rings is 2. The number of nitrogens with one attached hydrogen (secondary N) is 1. The molecule has 0 saturated carbocycles. The molecule has 10 rings (SSSR count). The van der Waals surface area contributed by atoms with Crippen LogP contribution in [0, 0.1) is 25.5 Å². The highest BCUT2D eigenvalue weighted by molar-refractivity contribution is 7.13. The zero-order valence-corrected chi connectivity index (χ0v) is 42.7. The standard InChI is InChI=1S/C25H25ClFN7O3S.C23H21ClFN7O2S/c1-16-28-23(31-37-16)17-12-18(29-21(13-17)30-25-34(15-36-2)10-11-38-25)14-32-6-8-33(9-7-32)24(35)19-4-3-5-20(26)22(19)27;1-14-27-21(30-34-14)15-11-16(28-19(12-15)29-23-26-5-10-35-23)13-31-6-8-32(9-7-31)22(33)17-3-2-4-18(24)20(17)25/h3-5,10-13H,6-9,14-15H2,1-2H3;2-5,10-12H,6-9,13H2,1H3,(H,26,28,29). The fourth-order valence-electron chi connectivity index (χ4n) is 8.01. The first-order valence-corrected chi connectivity index (χ1v) is 25.3. The number of aromatic nitrogens is 8. The maximum atomic E-state index is 14.4. The maximum absolute atomic E-state index is 14.4. The van der Waals surface area contributed by atoms with Crippen LogP contribution in [-0.2, 0) is 24.6 Å². The van der Waals surface area contributed by atoms with Crippen LogP contribution in [0.1, 0.15) is 43.9 Å². The summed E-state index contributed by atoms with van der Waals surface area (Å²) in [5, 5.41) is 15.7. The van der Waals surface area contributed by atoms with Gasteiger partial charge < -0.3 is 28.9 Å². The molecular formula is C48H46Cl2F2N14O5S2. The van der Waals surface area contributed by atoms with Gasteiger partial charge in [0.05, 0.1) is 32.6 Å². The van der Waals surface area contributed by atoms with Crippen LogP contribution < -0.4 is 10.1 Å². The molecule has 25 heteroatoms. The summed E-state index contributed by atoms with van der Waals surface area (Å²) in [7, 11) is 1.63. The number of hydrogen-bond donors (Lipinski definition) is 1. The lowest BCUT2D eigenvalue weighted by molar-refractivity contribution is 0.0615. The van der Waals surface area contributed by atoms with Crippen molar-refractivity contribution in [2.75, 3.05) is 64.8 Å². The monoisotopic (exact) mass is 1070 g/mol. The van der Waals surface area contributed by atoms with E-state index in [1.807, 2.05) is 45.8 Å². The molecule has 19 nitrogen and oxygen atoms in total. The number of thiazole rings is 2. The first kappa shape index (κ1) is 51.1. The van der Waals surface area contributed by atoms with Gasteiger partial charge in [0, 0.05) is 121 Å². The predicted molar refractivity (Wildman–Crippen MR) is 270 cm³/mol. The molecule has 0 aliphatic carbocycles. The summed E-state index contributed by atoms with van der Waals surface area (Å²) >= 11 is 14.7. The van der Waals surface area contributed by atoms with E-state index in [1.165, 1.54) is 46.9 Å². The second kappa shape index (κ2) is 23.3. The molecular weight excluding hydrogens is 1030 g/mol. The van der Waals surface area contributed by atoms with Crippen molar-refractivity contribution in [3.8, 4) is 22.8 Å². The Morgan fingerprint density at radius 3 is 1.78 bits per heavy atom. The minimum atomic E-state index is -0.687. The molecule has 0 unspecified atom stereocenters. The number of amides is 2. The summed E-state index contributed by atoms with van der Waals surface area (Å²) in [5.41, 5.74) is 3.08. The average Bonchev–Trinajstić information content (AvgIpc) is 4.24. The van der Waals surface area contributed by atoms with Crippen LogP contribution in [0.15, 0.2) is 97.9 Å². The third-order valence-electron chi connectivity index (χ3n) is 11.6. The summed E-state index contributed by atoms with van der Waals surface area (Å²) in [6.07, 6.45) is 3.62. The molecule has 8 heterocycles. The molecule has 2 aliphatic heterocycles. The van der Waals surface area contributed by atoms with Gasteiger partial charge in [-0.05, 0) is 48.5 Å². The number of pyridine rings is 2. The highest BCUT2D eigenvalue weighted by Crippen LogP contribution is 2.27. The number of aryl methyl sites for hydroxylation is 2. The molecule has 2 aromatic carbocycles. The van der Waals surface area contributed by atoms with Gasteiger partial charge in [-0.25, -0.2) is 28.7 Å². The van der Waals surface area contributed by atoms with Gasteiger partial charge in [0.25, 0.3) is 11.8 Å². The molecule has 2 amide bonds. The summed E-state index contributed by atoms with van der Waals surface area (Å²) in [6.45, 7) is 9.25. The number of carbonyl (C=O) groups is 2. The smallest absolute Gasteiger partial charge is 0.256 e. The van der Waals surface area contributed by atoms with E-state index in [1.54, 1.807) is 49.1 Å². The van der Waals surface area contributed by atoms with Crippen LogP contribution in [0.3, 0.4) is 0 Å². The van der Waals surface area contributed by atoms with E-state index in [-0.39, 0.29) is 33.0 Å². The molecule has 8 aromatic rings. The van der Waals surface area contributed by atoms with Gasteiger partial charge >= 0.3 is 0 Å². The number of hydrogen-bond acceptors (Lipinski definition) is 18. The lowest BCUT2D eigenvalue weighted by Gasteiger charge is -2.34. The van der Waals surface area contributed by atoms with E-state index in [0.29, 0.717) is 107 Å². The lowest BCUT2D eigenvalue weighted by atomic mass is 10.1. The van der Waals surface area contributed by atoms with Gasteiger partial charge in [-0.1, -0.05) is 45.6 Å². The second-order valence-corrected chi connectivity index (χ2v) is 19.3. The number of piperazine rings is 2. The minimum Gasteiger partial charge on any atom is -0.364 e. The molecule has 0 spiro atoms. The first-order chi connectivity index (χ1) is 35.4. The summed E-state index contributed by atoms with van der Waals surface area (Å²) in [6, 6.07) is 16.5. The Balaban J connectivity index is 0.000000180. The number of halogens is 4. The quantitative estimate of drug-likeness (QED) is 0.115. The number of nitrogens with zero attached hydrogens (tertiary/aromatic N) is 13. The zero-order chi connectivity index (χ0) is 51.0. The van der Waals surface area contributed by atoms with Gasteiger partial charge in [-0.3, -0.25) is 24.0 Å². The number of carbonyl (C=O) groups excluding carboxylic acids is 2. The Hall–Kier alpha value is -6.86. The highest BCUT2D eigenvalue weighted by atomic mass is 35.5. The van der Waals surface area contributed by atoms with E-state index in [9.17, 15) is 18.4 Å². The van der Waals surface area contributed by atoms with E-state index in [4.69, 9.17) is 51.9 Å². The highest BCUT2D eigenvalue weighted by Gasteiger charge is 2.27. The summed E-state index contributed by atoms with van der Waals surface area (Å²) in [4.78, 5) is 61.3. The molecule has 0 atom stereocenters. The first-order valence-electron chi connectivity index (χ1n) is 22.8. The fourth-order valence-corrected chi connectivity index (χ4v) is 9.62. The van der Waals surface area contributed by atoms with Crippen molar-refractivity contribution < 1.29 is 32.2 Å². The van der Waals surface area contributed by atoms with Crippen molar-refractivity contribution in [2.45, 2.75) is 33.7 Å². The minimum absolute atomic E-state index is 0.00590. The van der Waals surface area contributed by atoms with Crippen molar-refractivity contribution in [2.24, 2.45) is 4.99 Å². The third kappa shape index (κ3) is 12.7. The van der Waals surface area contributed by atoms with Crippen molar-refractivity contribution >= 4 is 74.5 Å². The third-order valence-corrected chi connectivity index (χ3v) is 13.6. The second-order valence-electron chi connectivity index (χ2n) is 16.7. The Morgan fingerprint density at radius 2 is 1.27 bits per heavy atom. The molecule has 2 aliphatic rings. The van der Waals surface area contributed by atoms with E-state index < -0.39 is 11.6 Å².